The summed E-state index contributed by atoms with van der Waals surface area (Å²) in [5, 5.41) is 11.1. The minimum Gasteiger partial charge on any atom is -0.396 e. The van der Waals surface area contributed by atoms with E-state index < -0.39 is 0 Å². The zero-order chi connectivity index (χ0) is 14.8. The average molecular weight is 298 g/mol. The van der Waals surface area contributed by atoms with Crippen LogP contribution < -0.4 is 0 Å². The van der Waals surface area contributed by atoms with Gasteiger partial charge in [-0.3, -0.25) is 4.98 Å². The molecular weight excluding hydrogens is 282 g/mol. The molecule has 1 heterocycles. The molecule has 0 unspecified atom stereocenters. The van der Waals surface area contributed by atoms with Gasteiger partial charge in [0.25, 0.3) is 0 Å². The monoisotopic (exact) mass is 297 g/mol. The molecular formula is C18H16ClNO. The zero-order valence-corrected chi connectivity index (χ0v) is 12.6. The Bertz CT molecular complexity index is 784. The topological polar surface area (TPSA) is 33.1 Å². The van der Waals surface area contributed by atoms with Crippen molar-refractivity contribution in [3.63, 3.8) is 0 Å². The fourth-order valence-electron chi connectivity index (χ4n) is 2.75. The molecule has 2 nitrogen and oxygen atoms in total. The molecule has 0 atom stereocenters. The van der Waals surface area contributed by atoms with Crippen LogP contribution in [0.5, 0.6) is 0 Å². The molecule has 0 bridgehead atoms. The SMILES string of the molecule is Cc1nc2ccc(Cl)cc2c(-c2ccccc2)c1CCO. The molecule has 0 aliphatic heterocycles. The van der Waals surface area contributed by atoms with Crippen LogP contribution in [0.2, 0.25) is 5.02 Å². The molecule has 0 radical (unpaired) electrons. The first-order valence-corrected chi connectivity index (χ1v) is 7.33. The van der Waals surface area contributed by atoms with Crippen LogP contribution in [0.3, 0.4) is 0 Å². The lowest BCUT2D eigenvalue weighted by molar-refractivity contribution is 0.299. The van der Waals surface area contributed by atoms with Crippen LogP contribution in [0.1, 0.15) is 11.3 Å². The quantitative estimate of drug-likeness (QED) is 0.777. The molecule has 2 aromatic carbocycles. The molecule has 0 spiro atoms. The second kappa shape index (κ2) is 5.84. The van der Waals surface area contributed by atoms with Crippen molar-refractivity contribution < 1.29 is 5.11 Å². The number of aliphatic hydroxyl groups excluding tert-OH is 1. The number of fused-ring (bicyclic) bond motifs is 1. The normalized spacial score (nSPS) is 11.0. The van der Waals surface area contributed by atoms with Crippen molar-refractivity contribution in [1.82, 2.24) is 4.98 Å². The molecule has 1 aromatic heterocycles. The van der Waals surface area contributed by atoms with Gasteiger partial charge >= 0.3 is 0 Å². The fourth-order valence-corrected chi connectivity index (χ4v) is 2.92. The van der Waals surface area contributed by atoms with Gasteiger partial charge in [0.05, 0.1) is 5.52 Å². The van der Waals surface area contributed by atoms with E-state index in [2.05, 4.69) is 17.1 Å². The van der Waals surface area contributed by atoms with Crippen LogP contribution in [0.25, 0.3) is 22.0 Å². The van der Waals surface area contributed by atoms with Crippen molar-refractivity contribution in [2.45, 2.75) is 13.3 Å². The van der Waals surface area contributed by atoms with E-state index >= 15 is 0 Å². The third-order valence-corrected chi connectivity index (χ3v) is 3.91. The standard InChI is InChI=1S/C18H16ClNO/c1-12-15(9-10-21)18(13-5-3-2-4-6-13)16-11-14(19)7-8-17(16)20-12/h2-8,11,21H,9-10H2,1H3. The Hall–Kier alpha value is -1.90. The zero-order valence-electron chi connectivity index (χ0n) is 11.8. The summed E-state index contributed by atoms with van der Waals surface area (Å²) in [5.41, 5.74) is 5.21. The van der Waals surface area contributed by atoms with Crippen LogP contribution in [0.15, 0.2) is 48.5 Å². The highest BCUT2D eigenvalue weighted by molar-refractivity contribution is 6.31. The molecule has 0 amide bonds. The van der Waals surface area contributed by atoms with E-state index in [1.54, 1.807) is 0 Å². The Kier molecular flexibility index (Phi) is 3.91. The highest BCUT2D eigenvalue weighted by atomic mass is 35.5. The Morgan fingerprint density at radius 3 is 2.57 bits per heavy atom. The summed E-state index contributed by atoms with van der Waals surface area (Å²) in [7, 11) is 0. The number of pyridine rings is 1. The van der Waals surface area contributed by atoms with E-state index in [0.29, 0.717) is 11.4 Å². The summed E-state index contributed by atoms with van der Waals surface area (Å²) >= 11 is 6.17. The maximum atomic E-state index is 9.39. The maximum Gasteiger partial charge on any atom is 0.0712 e. The Balaban J connectivity index is 2.41. The highest BCUT2D eigenvalue weighted by Gasteiger charge is 2.14. The van der Waals surface area contributed by atoms with E-state index in [9.17, 15) is 5.11 Å². The molecule has 0 saturated heterocycles. The number of rotatable bonds is 3. The smallest absolute Gasteiger partial charge is 0.0712 e. The predicted octanol–water partition coefficient (Wildman–Crippen LogP) is 4.40. The summed E-state index contributed by atoms with van der Waals surface area (Å²) < 4.78 is 0. The minimum atomic E-state index is 0.106. The lowest BCUT2D eigenvalue weighted by Crippen LogP contribution is -2.01. The third kappa shape index (κ3) is 2.65. The molecule has 21 heavy (non-hydrogen) atoms. The van der Waals surface area contributed by atoms with E-state index in [0.717, 1.165) is 33.3 Å². The predicted molar refractivity (Wildman–Crippen MR) is 87.7 cm³/mol. The molecule has 0 fully saturated rings. The van der Waals surface area contributed by atoms with E-state index in [1.165, 1.54) is 0 Å². The molecule has 0 saturated carbocycles. The molecule has 0 aliphatic rings. The van der Waals surface area contributed by atoms with Crippen LogP contribution in [0, 0.1) is 6.92 Å². The molecule has 1 N–H and O–H groups in total. The molecule has 0 aliphatic carbocycles. The second-order valence-electron chi connectivity index (χ2n) is 5.05. The summed E-state index contributed by atoms with van der Waals surface area (Å²) in [6.07, 6.45) is 0.589. The van der Waals surface area contributed by atoms with Gasteiger partial charge in [-0.15, -0.1) is 0 Å². The second-order valence-corrected chi connectivity index (χ2v) is 5.49. The van der Waals surface area contributed by atoms with Crippen molar-refractivity contribution in [2.75, 3.05) is 6.61 Å². The van der Waals surface area contributed by atoms with Gasteiger partial charge in [0.1, 0.15) is 0 Å². The molecule has 106 valence electrons. The van der Waals surface area contributed by atoms with E-state index in [1.807, 2.05) is 43.3 Å². The summed E-state index contributed by atoms with van der Waals surface area (Å²) in [6.45, 7) is 2.10. The summed E-state index contributed by atoms with van der Waals surface area (Å²) in [4.78, 5) is 4.65. The Morgan fingerprint density at radius 1 is 1.10 bits per heavy atom. The fraction of sp³-hybridized carbons (Fsp3) is 0.167. The van der Waals surface area contributed by atoms with Crippen molar-refractivity contribution >= 4 is 22.5 Å². The number of aryl methyl sites for hydroxylation is 1. The van der Waals surface area contributed by atoms with Crippen molar-refractivity contribution in [2.24, 2.45) is 0 Å². The number of hydrogen-bond acceptors (Lipinski definition) is 2. The lowest BCUT2D eigenvalue weighted by atomic mass is 9.93. The lowest BCUT2D eigenvalue weighted by Gasteiger charge is -2.15. The first kappa shape index (κ1) is 14.1. The van der Waals surface area contributed by atoms with Crippen LogP contribution in [0.4, 0.5) is 0 Å². The van der Waals surface area contributed by atoms with Gasteiger partial charge in [0.15, 0.2) is 0 Å². The summed E-state index contributed by atoms with van der Waals surface area (Å²) in [5.74, 6) is 0. The van der Waals surface area contributed by atoms with Crippen LogP contribution >= 0.6 is 11.6 Å². The van der Waals surface area contributed by atoms with Gasteiger partial charge < -0.3 is 5.11 Å². The first-order chi connectivity index (χ1) is 10.2. The van der Waals surface area contributed by atoms with Gasteiger partial charge in [-0.2, -0.15) is 0 Å². The number of hydrogen-bond donors (Lipinski definition) is 1. The van der Waals surface area contributed by atoms with Gasteiger partial charge in [0, 0.05) is 22.7 Å². The molecule has 3 rings (SSSR count). The Morgan fingerprint density at radius 2 is 1.86 bits per heavy atom. The number of nitrogens with zero attached hydrogens (tertiary/aromatic N) is 1. The van der Waals surface area contributed by atoms with E-state index in [4.69, 9.17) is 11.6 Å². The van der Waals surface area contributed by atoms with Crippen LogP contribution in [-0.2, 0) is 6.42 Å². The Labute approximate surface area is 129 Å². The largest absolute Gasteiger partial charge is 0.396 e. The van der Waals surface area contributed by atoms with Crippen molar-refractivity contribution in [1.29, 1.82) is 0 Å². The average Bonchev–Trinajstić information content (AvgIpc) is 2.50. The first-order valence-electron chi connectivity index (χ1n) is 6.95. The minimum absolute atomic E-state index is 0.106. The van der Waals surface area contributed by atoms with Crippen molar-refractivity contribution in [3.8, 4) is 11.1 Å². The van der Waals surface area contributed by atoms with Gasteiger partial charge in [-0.1, -0.05) is 41.9 Å². The van der Waals surface area contributed by atoms with E-state index in [-0.39, 0.29) is 6.61 Å². The number of aromatic nitrogens is 1. The van der Waals surface area contributed by atoms with Gasteiger partial charge in [-0.25, -0.2) is 0 Å². The third-order valence-electron chi connectivity index (χ3n) is 3.68. The summed E-state index contributed by atoms with van der Waals surface area (Å²) in [6, 6.07) is 15.9. The van der Waals surface area contributed by atoms with Crippen molar-refractivity contribution in [3.05, 3.63) is 64.8 Å². The number of aliphatic hydroxyl groups is 1. The number of halogens is 1. The maximum absolute atomic E-state index is 9.39. The van der Waals surface area contributed by atoms with Gasteiger partial charge in [0.2, 0.25) is 0 Å². The van der Waals surface area contributed by atoms with Gasteiger partial charge in [-0.05, 0) is 48.2 Å². The van der Waals surface area contributed by atoms with Crippen LogP contribution in [-0.4, -0.2) is 16.7 Å². The number of benzene rings is 2. The molecule has 3 aromatic rings. The molecule has 3 heteroatoms. The highest BCUT2D eigenvalue weighted by Crippen LogP contribution is 2.34.